The van der Waals surface area contributed by atoms with E-state index in [0.29, 0.717) is 0 Å². The first-order valence-electron chi connectivity index (χ1n) is 24.0. The Morgan fingerprint density at radius 2 is 0.722 bits per heavy atom. The topological polar surface area (TPSA) is 46.6 Å². The van der Waals surface area contributed by atoms with E-state index in [-0.39, 0.29) is 20.1 Å². The van der Waals surface area contributed by atoms with Gasteiger partial charge in [0.1, 0.15) is 46.0 Å². The first-order valence-corrected chi connectivity index (χ1v) is 28.8. The molecule has 6 aliphatic rings. The van der Waals surface area contributed by atoms with Gasteiger partial charge in [0.25, 0.3) is 20.1 Å². The van der Waals surface area contributed by atoms with Gasteiger partial charge in [0, 0.05) is 56.7 Å². The Morgan fingerprint density at radius 3 is 1.14 bits per heavy atom. The minimum atomic E-state index is -0.164. The number of rotatable bonds is 7. The smallest absolute Gasteiger partial charge is 0.260 e. The van der Waals surface area contributed by atoms with E-state index in [2.05, 4.69) is 208 Å². The lowest BCUT2D eigenvalue weighted by Gasteiger charge is -2.45. The summed E-state index contributed by atoms with van der Waals surface area (Å²) >= 11 is 6.85. The van der Waals surface area contributed by atoms with E-state index in [9.17, 15) is 0 Å². The number of hydrogen-bond donors (Lipinski definition) is 0. The number of anilines is 7. The first-order chi connectivity index (χ1) is 35.5. The van der Waals surface area contributed by atoms with Gasteiger partial charge in [-0.3, -0.25) is 8.61 Å². The molecular formula is C58H40B3N3O4S4. The quantitative estimate of drug-likeness (QED) is 0.0872. The van der Waals surface area contributed by atoms with E-state index in [1.165, 1.54) is 16.4 Å². The van der Waals surface area contributed by atoms with E-state index in [0.717, 1.165) is 128 Å². The molecule has 0 amide bonds. The fraction of sp³-hybridized carbons (Fsp3) is 0.0690. The molecule has 15 rings (SSSR count). The van der Waals surface area contributed by atoms with Gasteiger partial charge in [0.15, 0.2) is 0 Å². The van der Waals surface area contributed by atoms with Crippen LogP contribution in [0.2, 0.25) is 0 Å². The van der Waals surface area contributed by atoms with Crippen LogP contribution in [0.25, 0.3) is 0 Å². The van der Waals surface area contributed by atoms with E-state index in [4.69, 9.17) is 18.9 Å². The zero-order chi connectivity index (χ0) is 47.9. The summed E-state index contributed by atoms with van der Waals surface area (Å²) in [7, 11) is 0. The van der Waals surface area contributed by atoms with Crippen LogP contribution in [0, 0.1) is 0 Å². The van der Waals surface area contributed by atoms with Crippen LogP contribution in [-0.4, -0.2) is 45.2 Å². The average Bonchev–Trinajstić information content (AvgIpc) is 3.42. The van der Waals surface area contributed by atoms with Crippen LogP contribution in [0.1, 0.15) is 0 Å². The highest BCUT2D eigenvalue weighted by Gasteiger charge is 2.49. The second kappa shape index (κ2) is 16.3. The molecule has 0 radical (unpaired) electrons. The molecule has 0 aliphatic carbocycles. The molecule has 6 aliphatic heterocycles. The molecule has 9 aromatic carbocycles. The Labute approximate surface area is 436 Å². The summed E-state index contributed by atoms with van der Waals surface area (Å²) in [5, 5.41) is 0. The number of thioether (sulfide) groups is 2. The van der Waals surface area contributed by atoms with Crippen LogP contribution in [0.15, 0.2) is 180 Å². The van der Waals surface area contributed by atoms with Crippen molar-refractivity contribution in [2.45, 2.75) is 9.79 Å². The van der Waals surface area contributed by atoms with Crippen molar-refractivity contribution in [3.63, 3.8) is 0 Å². The molecule has 0 bridgehead atoms. The third-order valence-electron chi connectivity index (χ3n) is 15.0. The molecule has 72 heavy (non-hydrogen) atoms. The summed E-state index contributed by atoms with van der Waals surface area (Å²) in [6.07, 6.45) is 8.58. The molecule has 0 unspecified atom stereocenters. The normalized spacial score (nSPS) is 14.1. The summed E-state index contributed by atoms with van der Waals surface area (Å²) in [6.45, 7) is -0.351. The van der Waals surface area contributed by atoms with Gasteiger partial charge in [-0.1, -0.05) is 84.9 Å². The maximum atomic E-state index is 7.14. The van der Waals surface area contributed by atoms with Crippen molar-refractivity contribution < 1.29 is 18.9 Å². The Bertz CT molecular complexity index is 3560. The van der Waals surface area contributed by atoms with Gasteiger partial charge in [0.05, 0.1) is 28.4 Å². The van der Waals surface area contributed by atoms with Crippen LogP contribution >= 0.6 is 47.4 Å². The Kier molecular flexibility index (Phi) is 9.72. The molecule has 0 aromatic heterocycles. The standard InChI is InChI=1S/C58H40B3N3O4S4/c1-69-36-25-52-57-54(27-36)67-50-31-44-40(29-42(50)59(57)38-19-11-13-21-48(38)65-52)61-41-30-43-51(68-55-28-37(70-2)26-53-58(55)60(43)39-20-12-14-22-49(39)66-53)32-45(41)64(72-4)47-24-35(23-46(56(47)61)63(44)71-3)62(33-15-7-5-8-16-33)34-17-9-6-10-18-34/h5-32H,1-4H3. The van der Waals surface area contributed by atoms with Gasteiger partial charge in [0.2, 0.25) is 0 Å². The van der Waals surface area contributed by atoms with E-state index >= 15 is 0 Å². The molecular weight excluding hydrogens is 963 g/mol. The molecule has 0 fully saturated rings. The molecule has 0 N–H and O–H groups in total. The fourth-order valence-corrected chi connectivity index (χ4v) is 14.4. The van der Waals surface area contributed by atoms with Gasteiger partial charge in [-0.25, -0.2) is 0 Å². The Morgan fingerprint density at radius 1 is 0.333 bits per heavy atom. The van der Waals surface area contributed by atoms with Gasteiger partial charge >= 0.3 is 0 Å². The maximum Gasteiger partial charge on any atom is 0.260 e. The molecule has 344 valence electrons. The molecule has 0 saturated heterocycles. The summed E-state index contributed by atoms with van der Waals surface area (Å²) in [5.41, 5.74) is 18.1. The fourth-order valence-electron chi connectivity index (χ4n) is 12.1. The van der Waals surface area contributed by atoms with Crippen LogP contribution in [0.5, 0.6) is 46.0 Å². The zero-order valence-electron chi connectivity index (χ0n) is 39.5. The number of para-hydroxylation sites is 4. The van der Waals surface area contributed by atoms with Crippen molar-refractivity contribution in [2.75, 3.05) is 38.5 Å². The molecule has 0 spiro atoms. The van der Waals surface area contributed by atoms with Crippen LogP contribution in [0.3, 0.4) is 0 Å². The van der Waals surface area contributed by atoms with Crippen molar-refractivity contribution in [2.24, 2.45) is 0 Å². The predicted octanol–water partition coefficient (Wildman–Crippen LogP) is 10.0. The summed E-state index contributed by atoms with van der Waals surface area (Å²) in [6, 6.07) is 61.5. The Balaban J connectivity index is 1.02. The second-order valence-electron chi connectivity index (χ2n) is 18.6. The molecule has 0 atom stereocenters. The van der Waals surface area contributed by atoms with Gasteiger partial charge < -0.3 is 23.8 Å². The highest BCUT2D eigenvalue weighted by Crippen LogP contribution is 2.49. The highest BCUT2D eigenvalue weighted by atomic mass is 32.2. The predicted molar refractivity (Wildman–Crippen MR) is 309 cm³/mol. The van der Waals surface area contributed by atoms with Gasteiger partial charge in [-0.15, -0.1) is 23.5 Å². The number of benzene rings is 9. The molecule has 9 aromatic rings. The molecule has 0 saturated carbocycles. The second-order valence-corrected chi connectivity index (χ2v) is 21.8. The van der Waals surface area contributed by atoms with Gasteiger partial charge in [-0.05, 0) is 147 Å². The minimum absolute atomic E-state index is 0.0938. The number of nitrogens with zero attached hydrogens (tertiary/aromatic N) is 3. The van der Waals surface area contributed by atoms with Crippen molar-refractivity contribution >= 4 is 157 Å². The maximum absolute atomic E-state index is 7.14. The summed E-state index contributed by atoms with van der Waals surface area (Å²) < 4.78 is 32.6. The number of fused-ring (bicyclic) bond motifs is 12. The van der Waals surface area contributed by atoms with Crippen molar-refractivity contribution in [3.8, 4) is 46.0 Å². The van der Waals surface area contributed by atoms with Crippen LogP contribution < -0.4 is 81.6 Å². The lowest BCUT2D eigenvalue weighted by atomic mass is 9.30. The summed E-state index contributed by atoms with van der Waals surface area (Å²) in [5.74, 6) is 6.85. The van der Waals surface area contributed by atoms with Crippen molar-refractivity contribution in [3.05, 3.63) is 170 Å². The largest absolute Gasteiger partial charge is 0.458 e. The monoisotopic (exact) mass is 1000 g/mol. The zero-order valence-corrected chi connectivity index (χ0v) is 42.8. The highest BCUT2D eigenvalue weighted by molar-refractivity contribution is 8.00. The SMILES string of the molecule is CSc1cc2c3c(c1)Oc1cc4c(cc1B3c1ccccc1O2)B1c2cc3c(cc2N(SC)c2cc(N(c5ccccc5)c5ccccc5)cc(c21)N4SC)Oc1cc(SC)cc2c1B3c1ccccc1O2. The van der Waals surface area contributed by atoms with Crippen LogP contribution in [0.4, 0.5) is 39.8 Å². The molecule has 7 nitrogen and oxygen atoms in total. The van der Waals surface area contributed by atoms with E-state index in [1.54, 1.807) is 47.4 Å². The number of ether oxygens (including phenoxy) is 4. The Hall–Kier alpha value is -6.83. The third kappa shape index (κ3) is 6.16. The lowest BCUT2D eigenvalue weighted by Crippen LogP contribution is -2.65. The minimum Gasteiger partial charge on any atom is -0.458 e. The number of hydrogen-bond acceptors (Lipinski definition) is 11. The van der Waals surface area contributed by atoms with E-state index < -0.39 is 0 Å². The van der Waals surface area contributed by atoms with Gasteiger partial charge in [-0.2, -0.15) is 0 Å². The van der Waals surface area contributed by atoms with Crippen LogP contribution in [-0.2, 0) is 0 Å². The van der Waals surface area contributed by atoms with Crippen molar-refractivity contribution in [1.29, 1.82) is 0 Å². The third-order valence-corrected chi connectivity index (χ3v) is 18.0. The molecule has 6 heterocycles. The lowest BCUT2D eigenvalue weighted by molar-refractivity contribution is 0.462. The van der Waals surface area contributed by atoms with E-state index in [1.807, 2.05) is 0 Å². The average molecular weight is 1000 g/mol. The first kappa shape index (κ1) is 42.8. The molecule has 14 heteroatoms. The summed E-state index contributed by atoms with van der Waals surface area (Å²) in [4.78, 5) is 4.57. The van der Waals surface area contributed by atoms with Crippen molar-refractivity contribution in [1.82, 2.24) is 0 Å².